The third kappa shape index (κ3) is 4.76. The van der Waals surface area contributed by atoms with E-state index in [2.05, 4.69) is 31.5 Å². The van der Waals surface area contributed by atoms with E-state index in [1.165, 1.54) is 19.3 Å². The summed E-state index contributed by atoms with van der Waals surface area (Å²) in [5.41, 5.74) is 0.257. The molecule has 0 unspecified atom stereocenters. The minimum absolute atomic E-state index is 0.257. The Morgan fingerprint density at radius 2 is 2.19 bits per heavy atom. The van der Waals surface area contributed by atoms with Crippen LogP contribution in [0.25, 0.3) is 0 Å². The lowest BCUT2D eigenvalue weighted by Gasteiger charge is -2.26. The second kappa shape index (κ2) is 6.51. The minimum atomic E-state index is 0.257. The lowest BCUT2D eigenvalue weighted by atomic mass is 9.87. The summed E-state index contributed by atoms with van der Waals surface area (Å²) in [6, 6.07) is 2.94. The van der Waals surface area contributed by atoms with Crippen molar-refractivity contribution in [2.45, 2.75) is 57.2 Å². The van der Waals surface area contributed by atoms with E-state index < -0.39 is 0 Å². The van der Waals surface area contributed by atoms with Crippen molar-refractivity contribution >= 4 is 11.8 Å². The average molecular weight is 240 g/mol. The summed E-state index contributed by atoms with van der Waals surface area (Å²) in [6.07, 6.45) is 7.87. The van der Waals surface area contributed by atoms with Crippen molar-refractivity contribution in [1.29, 1.82) is 5.26 Å². The van der Waals surface area contributed by atoms with Crippen molar-refractivity contribution in [3.8, 4) is 6.07 Å². The van der Waals surface area contributed by atoms with Gasteiger partial charge in [-0.3, -0.25) is 0 Å². The first kappa shape index (κ1) is 13.9. The molecular weight excluding hydrogens is 216 g/mol. The third-order valence-electron chi connectivity index (χ3n) is 3.50. The van der Waals surface area contributed by atoms with E-state index in [0.29, 0.717) is 12.5 Å². The monoisotopic (exact) mass is 240 g/mol. The number of nitrogens with one attached hydrogen (secondary N) is 1. The van der Waals surface area contributed by atoms with Gasteiger partial charge in [0.25, 0.3) is 0 Å². The molecule has 0 spiro atoms. The van der Waals surface area contributed by atoms with E-state index in [0.717, 1.165) is 18.2 Å². The van der Waals surface area contributed by atoms with Crippen LogP contribution in [0.5, 0.6) is 0 Å². The van der Waals surface area contributed by atoms with E-state index in [9.17, 15) is 0 Å². The number of nitrogens with zero attached hydrogens (tertiary/aromatic N) is 1. The molecule has 0 saturated heterocycles. The molecule has 1 saturated carbocycles. The molecule has 0 heterocycles. The van der Waals surface area contributed by atoms with Crippen LogP contribution in [-0.4, -0.2) is 24.1 Å². The summed E-state index contributed by atoms with van der Waals surface area (Å²) in [5.74, 6) is 0. The Bertz CT molecular complexity index is 245. The third-order valence-corrected chi connectivity index (χ3v) is 4.60. The van der Waals surface area contributed by atoms with Crippen LogP contribution in [0.2, 0.25) is 0 Å². The van der Waals surface area contributed by atoms with Crippen LogP contribution in [-0.2, 0) is 0 Å². The van der Waals surface area contributed by atoms with Crippen LogP contribution in [0.3, 0.4) is 0 Å². The fourth-order valence-corrected chi connectivity index (χ4v) is 3.04. The molecule has 0 aromatic carbocycles. The summed E-state index contributed by atoms with van der Waals surface area (Å²) in [6.45, 7) is 5.54. The molecule has 0 aromatic rings. The molecule has 92 valence electrons. The lowest BCUT2D eigenvalue weighted by molar-refractivity contribution is 0.300. The summed E-state index contributed by atoms with van der Waals surface area (Å²) in [7, 11) is 0. The fraction of sp³-hybridized carbons (Fsp3) is 0.923. The highest BCUT2D eigenvalue weighted by molar-refractivity contribution is 7.99. The molecule has 2 atom stereocenters. The molecule has 0 aromatic heterocycles. The molecule has 0 bridgehead atoms. The second-order valence-electron chi connectivity index (χ2n) is 5.57. The summed E-state index contributed by atoms with van der Waals surface area (Å²) in [5, 5.41) is 13.1. The van der Waals surface area contributed by atoms with Gasteiger partial charge >= 0.3 is 0 Å². The predicted octanol–water partition coefficient (Wildman–Crippen LogP) is 3.19. The zero-order chi connectivity index (χ0) is 12.0. The van der Waals surface area contributed by atoms with Gasteiger partial charge < -0.3 is 5.32 Å². The van der Waals surface area contributed by atoms with Crippen LogP contribution < -0.4 is 5.32 Å². The number of rotatable bonds is 6. The number of thioether (sulfide) groups is 1. The molecule has 1 N–H and O–H groups in total. The van der Waals surface area contributed by atoms with Gasteiger partial charge in [-0.25, -0.2) is 0 Å². The van der Waals surface area contributed by atoms with Gasteiger partial charge in [0.1, 0.15) is 0 Å². The molecule has 1 aliphatic rings. The van der Waals surface area contributed by atoms with Gasteiger partial charge in [0.15, 0.2) is 0 Å². The van der Waals surface area contributed by atoms with Crippen LogP contribution in [0.1, 0.15) is 46.0 Å². The van der Waals surface area contributed by atoms with Gasteiger partial charge in [0.05, 0.1) is 6.07 Å². The Morgan fingerprint density at radius 1 is 1.44 bits per heavy atom. The molecule has 0 radical (unpaired) electrons. The molecule has 16 heavy (non-hydrogen) atoms. The molecule has 0 amide bonds. The Morgan fingerprint density at radius 3 is 2.75 bits per heavy atom. The number of hydrogen-bond donors (Lipinski definition) is 1. The van der Waals surface area contributed by atoms with Crippen LogP contribution >= 0.6 is 11.8 Å². The molecule has 1 aliphatic carbocycles. The van der Waals surface area contributed by atoms with Gasteiger partial charge in [-0.05, 0) is 37.4 Å². The quantitative estimate of drug-likeness (QED) is 0.774. The molecule has 3 heteroatoms. The zero-order valence-electron chi connectivity index (χ0n) is 10.8. The Labute approximate surface area is 104 Å². The standard InChI is InChI=1S/C13H24N2S/c1-13(2,7-4-8-14)10-15-11-5-6-12(9-11)16-3/h11-12,15H,4-7,9-10H2,1-3H3/t11-,12-/m1/s1. The molecule has 0 aliphatic heterocycles. The van der Waals surface area contributed by atoms with E-state index in [-0.39, 0.29) is 5.41 Å². The van der Waals surface area contributed by atoms with Crippen molar-refractivity contribution in [2.24, 2.45) is 5.41 Å². The van der Waals surface area contributed by atoms with Gasteiger partial charge in [-0.15, -0.1) is 0 Å². The molecule has 1 rings (SSSR count). The normalized spacial score (nSPS) is 25.6. The lowest BCUT2D eigenvalue weighted by Crippen LogP contribution is -2.35. The van der Waals surface area contributed by atoms with Gasteiger partial charge in [0.2, 0.25) is 0 Å². The largest absolute Gasteiger partial charge is 0.313 e. The van der Waals surface area contributed by atoms with Crippen molar-refractivity contribution < 1.29 is 0 Å². The topological polar surface area (TPSA) is 35.8 Å². The Hall–Kier alpha value is -0.200. The maximum Gasteiger partial charge on any atom is 0.0621 e. The SMILES string of the molecule is CS[C@@H]1CC[C@@H](NCC(C)(C)CCC#N)C1. The highest BCUT2D eigenvalue weighted by atomic mass is 32.2. The highest BCUT2D eigenvalue weighted by Gasteiger charge is 2.25. The first-order valence-corrected chi connectivity index (χ1v) is 7.49. The first-order valence-electron chi connectivity index (χ1n) is 6.20. The maximum absolute atomic E-state index is 8.60. The van der Waals surface area contributed by atoms with E-state index in [1.54, 1.807) is 0 Å². The number of nitriles is 1. The second-order valence-corrected chi connectivity index (χ2v) is 6.71. The van der Waals surface area contributed by atoms with Gasteiger partial charge in [-0.1, -0.05) is 13.8 Å². The van der Waals surface area contributed by atoms with Crippen LogP contribution in [0.4, 0.5) is 0 Å². The molecular formula is C13H24N2S. The molecule has 1 fully saturated rings. The first-order chi connectivity index (χ1) is 7.57. The van der Waals surface area contributed by atoms with Crippen molar-refractivity contribution in [2.75, 3.05) is 12.8 Å². The van der Waals surface area contributed by atoms with Crippen LogP contribution in [0, 0.1) is 16.7 Å². The highest BCUT2D eigenvalue weighted by Crippen LogP contribution is 2.29. The maximum atomic E-state index is 8.60. The minimum Gasteiger partial charge on any atom is -0.313 e. The summed E-state index contributed by atoms with van der Waals surface area (Å²) < 4.78 is 0. The average Bonchev–Trinajstić information content (AvgIpc) is 2.72. The Balaban J connectivity index is 2.21. The summed E-state index contributed by atoms with van der Waals surface area (Å²) in [4.78, 5) is 0. The summed E-state index contributed by atoms with van der Waals surface area (Å²) >= 11 is 2.00. The van der Waals surface area contributed by atoms with Crippen molar-refractivity contribution in [1.82, 2.24) is 5.32 Å². The predicted molar refractivity (Wildman–Crippen MR) is 71.6 cm³/mol. The van der Waals surface area contributed by atoms with Gasteiger partial charge in [0, 0.05) is 24.3 Å². The Kier molecular flexibility index (Phi) is 5.64. The van der Waals surface area contributed by atoms with E-state index >= 15 is 0 Å². The van der Waals surface area contributed by atoms with Gasteiger partial charge in [-0.2, -0.15) is 17.0 Å². The van der Waals surface area contributed by atoms with Crippen LogP contribution in [0.15, 0.2) is 0 Å². The van der Waals surface area contributed by atoms with Crippen molar-refractivity contribution in [3.63, 3.8) is 0 Å². The number of hydrogen-bond acceptors (Lipinski definition) is 3. The fourth-order valence-electron chi connectivity index (χ4n) is 2.24. The smallest absolute Gasteiger partial charge is 0.0621 e. The van der Waals surface area contributed by atoms with E-state index in [4.69, 9.17) is 5.26 Å². The van der Waals surface area contributed by atoms with Crippen molar-refractivity contribution in [3.05, 3.63) is 0 Å². The van der Waals surface area contributed by atoms with E-state index in [1.807, 2.05) is 11.8 Å². The molecule has 2 nitrogen and oxygen atoms in total. The zero-order valence-corrected chi connectivity index (χ0v) is 11.6.